The quantitative estimate of drug-likeness (QED) is 0.567. The van der Waals surface area contributed by atoms with Crippen LogP contribution >= 0.6 is 0 Å². The van der Waals surface area contributed by atoms with Crippen molar-refractivity contribution in [3.63, 3.8) is 0 Å². The number of carbonyl (C=O) groups is 1. The largest absolute Gasteiger partial charge is 0.340 e. The predicted molar refractivity (Wildman–Crippen MR) is 114 cm³/mol. The molecule has 6 heteroatoms. The number of rotatable bonds is 5. The van der Waals surface area contributed by atoms with Gasteiger partial charge in [0.1, 0.15) is 5.82 Å². The van der Waals surface area contributed by atoms with Crippen molar-refractivity contribution in [3.8, 4) is 0 Å². The summed E-state index contributed by atoms with van der Waals surface area (Å²) in [6.07, 6.45) is 0. The summed E-state index contributed by atoms with van der Waals surface area (Å²) in [6.45, 7) is 7.57. The highest BCUT2D eigenvalue weighted by atomic mass is 16.2. The summed E-state index contributed by atoms with van der Waals surface area (Å²) in [5.41, 5.74) is 2.97. The molecule has 0 aliphatic heterocycles. The molecule has 0 saturated heterocycles. The maximum absolute atomic E-state index is 12.1. The van der Waals surface area contributed by atoms with Crippen LogP contribution in [0, 0.1) is 12.3 Å². The lowest BCUT2D eigenvalue weighted by Gasteiger charge is -2.17. The van der Waals surface area contributed by atoms with E-state index in [1.807, 2.05) is 88.4 Å². The third-order valence-corrected chi connectivity index (χ3v) is 3.98. The fourth-order valence-electron chi connectivity index (χ4n) is 2.44. The molecule has 144 valence electrons. The summed E-state index contributed by atoms with van der Waals surface area (Å²) >= 11 is 0. The molecule has 0 saturated carbocycles. The molecular weight excluding hydrogens is 350 g/mol. The third-order valence-electron chi connectivity index (χ3n) is 3.98. The first kappa shape index (κ1) is 19.4. The van der Waals surface area contributed by atoms with Gasteiger partial charge >= 0.3 is 0 Å². The predicted octanol–water partition coefficient (Wildman–Crippen LogP) is 5.26. The van der Waals surface area contributed by atoms with Crippen LogP contribution in [0.25, 0.3) is 0 Å². The molecule has 3 aromatic rings. The SMILES string of the molecule is Cc1cc(Nc2ccccc2)nc(Nc2ccc(NC(=O)C(C)(C)C)cc2)n1. The molecule has 1 aromatic heterocycles. The molecule has 0 radical (unpaired) electrons. The van der Waals surface area contributed by atoms with E-state index in [4.69, 9.17) is 0 Å². The Morgan fingerprint density at radius 1 is 0.821 bits per heavy atom. The number of aryl methyl sites for hydroxylation is 1. The molecule has 0 unspecified atom stereocenters. The smallest absolute Gasteiger partial charge is 0.229 e. The first-order valence-corrected chi connectivity index (χ1v) is 9.16. The highest BCUT2D eigenvalue weighted by molar-refractivity contribution is 5.94. The minimum atomic E-state index is -0.436. The standard InChI is InChI=1S/C22H25N5O/c1-15-14-19(24-16-8-6-5-7-9-16)27-21(23-15)26-18-12-10-17(11-13-18)25-20(28)22(2,3)4/h5-14H,1-4H3,(H,25,28)(H2,23,24,26,27). The molecule has 0 aliphatic rings. The Bertz CT molecular complexity index is 947. The van der Waals surface area contributed by atoms with Gasteiger partial charge in [0.25, 0.3) is 0 Å². The molecule has 3 N–H and O–H groups in total. The number of aromatic nitrogens is 2. The molecule has 2 aromatic carbocycles. The second kappa shape index (κ2) is 8.08. The Labute approximate surface area is 165 Å². The molecule has 1 heterocycles. The second-order valence-corrected chi connectivity index (χ2v) is 7.62. The van der Waals surface area contributed by atoms with Crippen molar-refractivity contribution in [1.82, 2.24) is 9.97 Å². The number of para-hydroxylation sites is 1. The van der Waals surface area contributed by atoms with Crippen molar-refractivity contribution in [1.29, 1.82) is 0 Å². The van der Waals surface area contributed by atoms with E-state index in [-0.39, 0.29) is 5.91 Å². The van der Waals surface area contributed by atoms with Gasteiger partial charge in [0, 0.05) is 34.2 Å². The van der Waals surface area contributed by atoms with E-state index in [1.165, 1.54) is 0 Å². The number of carbonyl (C=O) groups excluding carboxylic acids is 1. The van der Waals surface area contributed by atoms with Gasteiger partial charge in [-0.2, -0.15) is 4.98 Å². The van der Waals surface area contributed by atoms with E-state index in [0.29, 0.717) is 5.95 Å². The molecule has 0 aliphatic carbocycles. The van der Waals surface area contributed by atoms with Gasteiger partial charge in [-0.1, -0.05) is 39.0 Å². The molecule has 28 heavy (non-hydrogen) atoms. The third kappa shape index (κ3) is 5.30. The average Bonchev–Trinajstić information content (AvgIpc) is 2.63. The lowest BCUT2D eigenvalue weighted by Crippen LogP contribution is -2.27. The van der Waals surface area contributed by atoms with Crippen molar-refractivity contribution < 1.29 is 4.79 Å². The van der Waals surface area contributed by atoms with Crippen LogP contribution < -0.4 is 16.0 Å². The topological polar surface area (TPSA) is 78.9 Å². The van der Waals surface area contributed by atoms with Crippen LogP contribution in [0.3, 0.4) is 0 Å². The first-order chi connectivity index (χ1) is 13.3. The number of nitrogens with one attached hydrogen (secondary N) is 3. The number of hydrogen-bond acceptors (Lipinski definition) is 5. The Balaban J connectivity index is 1.70. The van der Waals surface area contributed by atoms with Crippen LogP contribution in [0.15, 0.2) is 60.7 Å². The Hall–Kier alpha value is -3.41. The van der Waals surface area contributed by atoms with Crippen LogP contribution in [0.5, 0.6) is 0 Å². The number of benzene rings is 2. The van der Waals surface area contributed by atoms with Crippen LogP contribution in [-0.2, 0) is 4.79 Å². The van der Waals surface area contributed by atoms with E-state index in [2.05, 4.69) is 25.9 Å². The number of nitrogens with zero attached hydrogens (tertiary/aromatic N) is 2. The van der Waals surface area contributed by atoms with Gasteiger partial charge in [-0.3, -0.25) is 4.79 Å². The van der Waals surface area contributed by atoms with Crippen molar-refractivity contribution >= 4 is 34.7 Å². The summed E-state index contributed by atoms with van der Waals surface area (Å²) in [6, 6.07) is 19.2. The Morgan fingerprint density at radius 2 is 1.43 bits per heavy atom. The number of amides is 1. The zero-order valence-electron chi connectivity index (χ0n) is 16.6. The van der Waals surface area contributed by atoms with Crippen molar-refractivity contribution in [2.24, 2.45) is 5.41 Å². The highest BCUT2D eigenvalue weighted by Gasteiger charge is 2.21. The van der Waals surface area contributed by atoms with Crippen LogP contribution in [0.2, 0.25) is 0 Å². The van der Waals surface area contributed by atoms with Crippen LogP contribution in [0.1, 0.15) is 26.5 Å². The molecule has 0 atom stereocenters. The van der Waals surface area contributed by atoms with Gasteiger partial charge in [-0.15, -0.1) is 0 Å². The molecule has 0 spiro atoms. The first-order valence-electron chi connectivity index (χ1n) is 9.16. The van der Waals surface area contributed by atoms with Gasteiger partial charge < -0.3 is 16.0 Å². The summed E-state index contributed by atoms with van der Waals surface area (Å²) in [7, 11) is 0. The van der Waals surface area contributed by atoms with Crippen LogP contribution in [-0.4, -0.2) is 15.9 Å². The normalized spacial score (nSPS) is 11.0. The van der Waals surface area contributed by atoms with E-state index in [1.54, 1.807) is 0 Å². The second-order valence-electron chi connectivity index (χ2n) is 7.62. The highest BCUT2D eigenvalue weighted by Crippen LogP contribution is 2.22. The van der Waals surface area contributed by atoms with E-state index in [0.717, 1.165) is 28.6 Å². The maximum Gasteiger partial charge on any atom is 0.229 e. The lowest BCUT2D eigenvalue weighted by atomic mass is 9.95. The Morgan fingerprint density at radius 3 is 2.07 bits per heavy atom. The molecule has 6 nitrogen and oxygen atoms in total. The van der Waals surface area contributed by atoms with E-state index in [9.17, 15) is 4.79 Å². The van der Waals surface area contributed by atoms with Crippen molar-refractivity contribution in [2.45, 2.75) is 27.7 Å². The molecule has 3 rings (SSSR count). The van der Waals surface area contributed by atoms with Gasteiger partial charge in [-0.05, 0) is 43.3 Å². The van der Waals surface area contributed by atoms with E-state index >= 15 is 0 Å². The zero-order valence-corrected chi connectivity index (χ0v) is 16.6. The van der Waals surface area contributed by atoms with Gasteiger partial charge in [-0.25, -0.2) is 4.98 Å². The average molecular weight is 375 g/mol. The summed E-state index contributed by atoms with van der Waals surface area (Å²) < 4.78 is 0. The fourth-order valence-corrected chi connectivity index (χ4v) is 2.44. The van der Waals surface area contributed by atoms with Crippen molar-refractivity contribution in [3.05, 3.63) is 66.4 Å². The molecular formula is C22H25N5O. The number of hydrogen-bond donors (Lipinski definition) is 3. The Kier molecular flexibility index (Phi) is 5.59. The number of anilines is 5. The lowest BCUT2D eigenvalue weighted by molar-refractivity contribution is -0.123. The summed E-state index contributed by atoms with van der Waals surface area (Å²) in [4.78, 5) is 21.0. The fraction of sp³-hybridized carbons (Fsp3) is 0.227. The zero-order chi connectivity index (χ0) is 20.1. The molecule has 0 bridgehead atoms. The summed E-state index contributed by atoms with van der Waals surface area (Å²) in [5.74, 6) is 1.20. The molecule has 0 fully saturated rings. The minimum Gasteiger partial charge on any atom is -0.340 e. The van der Waals surface area contributed by atoms with E-state index < -0.39 is 5.41 Å². The van der Waals surface area contributed by atoms with Gasteiger partial charge in [0.15, 0.2) is 0 Å². The van der Waals surface area contributed by atoms with Crippen LogP contribution in [0.4, 0.5) is 28.8 Å². The van der Waals surface area contributed by atoms with Gasteiger partial charge in [0.05, 0.1) is 0 Å². The minimum absolute atomic E-state index is 0.0214. The summed E-state index contributed by atoms with van der Waals surface area (Å²) in [5, 5.41) is 9.39. The van der Waals surface area contributed by atoms with Gasteiger partial charge in [0.2, 0.25) is 11.9 Å². The van der Waals surface area contributed by atoms with Crippen molar-refractivity contribution in [2.75, 3.05) is 16.0 Å². The molecule has 1 amide bonds. The maximum atomic E-state index is 12.1. The monoisotopic (exact) mass is 375 g/mol.